The van der Waals surface area contributed by atoms with Crippen LogP contribution in [-0.4, -0.2) is 9.97 Å². The monoisotopic (exact) mass is 458 g/mol. The Bertz CT molecular complexity index is 917. The van der Waals surface area contributed by atoms with E-state index in [4.69, 9.17) is 4.74 Å². The van der Waals surface area contributed by atoms with Crippen molar-refractivity contribution in [1.82, 2.24) is 9.97 Å². The summed E-state index contributed by atoms with van der Waals surface area (Å²) in [5.41, 5.74) is 5.94. The fourth-order valence-corrected chi connectivity index (χ4v) is 4.21. The van der Waals surface area contributed by atoms with E-state index in [0.717, 1.165) is 29.7 Å². The molecule has 182 valence electrons. The van der Waals surface area contributed by atoms with Gasteiger partial charge in [-0.2, -0.15) is 0 Å². The molecule has 0 spiro atoms. The van der Waals surface area contributed by atoms with E-state index < -0.39 is 0 Å². The smallest absolute Gasteiger partial charge is 0.232 e. The summed E-state index contributed by atoms with van der Waals surface area (Å²) >= 11 is 0. The van der Waals surface area contributed by atoms with E-state index in [2.05, 4.69) is 72.3 Å². The van der Waals surface area contributed by atoms with Crippen molar-refractivity contribution in [3.05, 3.63) is 77.6 Å². The summed E-state index contributed by atoms with van der Waals surface area (Å²) in [5.74, 6) is 0.561. The molecule has 0 amide bonds. The van der Waals surface area contributed by atoms with Gasteiger partial charge in [0.2, 0.25) is 5.88 Å². The number of rotatable bonds is 16. The maximum Gasteiger partial charge on any atom is 0.232 e. The number of benzene rings is 2. The molecule has 0 atom stereocenters. The number of unbranched alkanes of at least 4 members (excludes halogenated alkanes) is 8. The normalized spacial score (nSPS) is 11.0. The van der Waals surface area contributed by atoms with Crippen LogP contribution in [0.2, 0.25) is 0 Å². The molecule has 1 heterocycles. The quantitative estimate of drug-likeness (QED) is 0.201. The molecule has 3 nitrogen and oxygen atoms in total. The van der Waals surface area contributed by atoms with Gasteiger partial charge >= 0.3 is 0 Å². The van der Waals surface area contributed by atoms with Crippen LogP contribution in [0, 0.1) is 0 Å². The Morgan fingerprint density at radius 3 is 1.71 bits per heavy atom. The highest BCUT2D eigenvalue weighted by molar-refractivity contribution is 5.58. The zero-order valence-corrected chi connectivity index (χ0v) is 21.3. The van der Waals surface area contributed by atoms with Crippen molar-refractivity contribution in [2.24, 2.45) is 0 Å². The lowest BCUT2D eigenvalue weighted by Gasteiger charge is -2.08. The minimum atomic E-state index is 0.510. The van der Waals surface area contributed by atoms with Crippen LogP contribution >= 0.6 is 0 Å². The van der Waals surface area contributed by atoms with Gasteiger partial charge in [-0.1, -0.05) is 114 Å². The lowest BCUT2D eigenvalue weighted by atomic mass is 10.0. The Balaban J connectivity index is 1.40. The minimum Gasteiger partial charge on any atom is -0.472 e. The fraction of sp³-hybridized carbons (Fsp3) is 0.484. The van der Waals surface area contributed by atoms with Crippen LogP contribution < -0.4 is 4.74 Å². The molecule has 0 N–H and O–H groups in total. The highest BCUT2D eigenvalue weighted by Gasteiger charge is 2.04. The predicted octanol–water partition coefficient (Wildman–Crippen LogP) is 8.75. The molecule has 3 aromatic rings. The number of hydrogen-bond acceptors (Lipinski definition) is 3. The molecule has 0 saturated heterocycles. The average Bonchev–Trinajstić information content (AvgIpc) is 2.88. The standard InChI is InChI=1S/C31H42N2O/c1-3-5-7-8-9-10-12-14-27-19-21-29(22-20-27)30-23-33-31(24-32-30)34-25-28-17-15-26(16-18-28)13-11-6-4-2/h15-24H,3-14,25H2,1-2H3. The van der Waals surface area contributed by atoms with Crippen LogP contribution in [-0.2, 0) is 19.4 Å². The van der Waals surface area contributed by atoms with Crippen molar-refractivity contribution < 1.29 is 4.74 Å². The van der Waals surface area contributed by atoms with Gasteiger partial charge in [-0.25, -0.2) is 9.97 Å². The maximum atomic E-state index is 5.85. The fourth-order valence-electron chi connectivity index (χ4n) is 4.21. The Labute approximate surface area is 207 Å². The van der Waals surface area contributed by atoms with Gasteiger partial charge in [0.15, 0.2) is 0 Å². The Morgan fingerprint density at radius 1 is 0.559 bits per heavy atom. The van der Waals surface area contributed by atoms with Gasteiger partial charge in [0, 0.05) is 5.56 Å². The predicted molar refractivity (Wildman–Crippen MR) is 143 cm³/mol. The number of hydrogen-bond donors (Lipinski definition) is 0. The summed E-state index contributed by atoms with van der Waals surface area (Å²) in [6.07, 6.45) is 19.1. The largest absolute Gasteiger partial charge is 0.472 e. The third-order valence-corrected chi connectivity index (χ3v) is 6.43. The molecule has 1 aromatic heterocycles. The van der Waals surface area contributed by atoms with Crippen molar-refractivity contribution in [3.63, 3.8) is 0 Å². The first-order valence-corrected chi connectivity index (χ1v) is 13.4. The number of ether oxygens (including phenoxy) is 1. The van der Waals surface area contributed by atoms with Crippen LogP contribution in [0.25, 0.3) is 11.3 Å². The molecule has 0 unspecified atom stereocenters. The summed E-state index contributed by atoms with van der Waals surface area (Å²) in [4.78, 5) is 9.04. The zero-order valence-electron chi connectivity index (χ0n) is 21.3. The van der Waals surface area contributed by atoms with E-state index in [1.807, 2.05) is 0 Å². The first kappa shape index (κ1) is 25.9. The Morgan fingerprint density at radius 2 is 1.09 bits per heavy atom. The maximum absolute atomic E-state index is 5.85. The van der Waals surface area contributed by atoms with E-state index in [9.17, 15) is 0 Å². The molecule has 0 radical (unpaired) electrons. The summed E-state index contributed by atoms with van der Waals surface area (Å²) in [7, 11) is 0. The van der Waals surface area contributed by atoms with Crippen molar-refractivity contribution in [2.75, 3.05) is 0 Å². The summed E-state index contributed by atoms with van der Waals surface area (Å²) in [6, 6.07) is 17.5. The molecule has 0 saturated carbocycles. The van der Waals surface area contributed by atoms with Gasteiger partial charge in [0.1, 0.15) is 6.61 Å². The molecular weight excluding hydrogens is 416 g/mol. The van der Waals surface area contributed by atoms with Gasteiger partial charge in [0.25, 0.3) is 0 Å². The molecule has 34 heavy (non-hydrogen) atoms. The van der Waals surface area contributed by atoms with E-state index in [1.165, 1.54) is 75.3 Å². The molecule has 0 fully saturated rings. The lowest BCUT2D eigenvalue weighted by Crippen LogP contribution is -1.98. The van der Waals surface area contributed by atoms with Crippen molar-refractivity contribution >= 4 is 0 Å². The third-order valence-electron chi connectivity index (χ3n) is 6.43. The van der Waals surface area contributed by atoms with E-state index in [-0.39, 0.29) is 0 Å². The van der Waals surface area contributed by atoms with Crippen LogP contribution in [0.3, 0.4) is 0 Å². The first-order valence-electron chi connectivity index (χ1n) is 13.4. The van der Waals surface area contributed by atoms with Crippen LogP contribution in [0.5, 0.6) is 5.88 Å². The van der Waals surface area contributed by atoms with E-state index >= 15 is 0 Å². The molecule has 0 aliphatic carbocycles. The lowest BCUT2D eigenvalue weighted by molar-refractivity contribution is 0.292. The Kier molecular flexibility index (Phi) is 11.6. The average molecular weight is 459 g/mol. The second kappa shape index (κ2) is 15.3. The molecule has 0 aliphatic rings. The van der Waals surface area contributed by atoms with Gasteiger partial charge in [-0.05, 0) is 42.4 Å². The van der Waals surface area contributed by atoms with E-state index in [1.54, 1.807) is 12.4 Å². The van der Waals surface area contributed by atoms with Gasteiger partial charge in [-0.3, -0.25) is 0 Å². The summed E-state index contributed by atoms with van der Waals surface area (Å²) < 4.78 is 5.85. The van der Waals surface area contributed by atoms with Crippen molar-refractivity contribution in [1.29, 1.82) is 0 Å². The summed E-state index contributed by atoms with van der Waals surface area (Å²) in [6.45, 7) is 5.02. The second-order valence-electron chi connectivity index (χ2n) is 9.37. The molecule has 0 bridgehead atoms. The molecule has 0 aliphatic heterocycles. The van der Waals surface area contributed by atoms with Gasteiger partial charge in [0.05, 0.1) is 18.1 Å². The number of aromatic nitrogens is 2. The van der Waals surface area contributed by atoms with Crippen LogP contribution in [0.1, 0.15) is 94.7 Å². The summed E-state index contributed by atoms with van der Waals surface area (Å²) in [5, 5.41) is 0. The zero-order chi connectivity index (χ0) is 23.8. The first-order chi connectivity index (χ1) is 16.8. The van der Waals surface area contributed by atoms with E-state index in [0.29, 0.717) is 12.5 Å². The van der Waals surface area contributed by atoms with Gasteiger partial charge < -0.3 is 4.74 Å². The minimum absolute atomic E-state index is 0.510. The van der Waals surface area contributed by atoms with Crippen LogP contribution in [0.15, 0.2) is 60.9 Å². The van der Waals surface area contributed by atoms with Crippen molar-refractivity contribution in [3.8, 4) is 17.1 Å². The van der Waals surface area contributed by atoms with Crippen LogP contribution in [0.4, 0.5) is 0 Å². The highest BCUT2D eigenvalue weighted by Crippen LogP contribution is 2.20. The highest BCUT2D eigenvalue weighted by atomic mass is 16.5. The third kappa shape index (κ3) is 9.29. The molecular formula is C31H42N2O. The number of aryl methyl sites for hydroxylation is 2. The second-order valence-corrected chi connectivity index (χ2v) is 9.37. The Hall–Kier alpha value is -2.68. The number of nitrogens with zero attached hydrogens (tertiary/aromatic N) is 2. The molecule has 2 aromatic carbocycles. The molecule has 3 heteroatoms. The SMILES string of the molecule is CCCCCCCCCc1ccc(-c2cnc(OCc3ccc(CCCCC)cc3)cn2)cc1. The topological polar surface area (TPSA) is 35.0 Å². The molecule has 3 rings (SSSR count). The van der Waals surface area contributed by atoms with Gasteiger partial charge in [-0.15, -0.1) is 0 Å². The van der Waals surface area contributed by atoms with Crippen molar-refractivity contribution in [2.45, 2.75) is 97.5 Å².